The third kappa shape index (κ3) is 4.35. The number of halogens is 3. The van der Waals surface area contributed by atoms with Crippen molar-refractivity contribution in [2.24, 2.45) is 0 Å². The summed E-state index contributed by atoms with van der Waals surface area (Å²) >= 11 is 0. The Kier molecular flexibility index (Phi) is 4.70. The van der Waals surface area contributed by atoms with Crippen molar-refractivity contribution in [1.29, 1.82) is 0 Å². The fraction of sp³-hybridized carbons (Fsp3) is 0.158. The Hall–Kier alpha value is -2.89. The summed E-state index contributed by atoms with van der Waals surface area (Å²) in [5, 5.41) is 3.18. The van der Waals surface area contributed by atoms with Gasteiger partial charge in [0.15, 0.2) is 0 Å². The molecule has 0 spiro atoms. The maximum Gasteiger partial charge on any atom is 0.406 e. The van der Waals surface area contributed by atoms with Gasteiger partial charge < -0.3 is 14.6 Å². The van der Waals surface area contributed by atoms with Gasteiger partial charge in [0.25, 0.3) is 0 Å². The largest absolute Gasteiger partial charge is 0.497 e. The van der Waals surface area contributed by atoms with Gasteiger partial charge in [-0.3, -0.25) is 0 Å². The van der Waals surface area contributed by atoms with Crippen molar-refractivity contribution in [2.75, 3.05) is 12.4 Å². The van der Waals surface area contributed by atoms with E-state index in [4.69, 9.17) is 4.74 Å². The molecule has 0 unspecified atom stereocenters. The first-order chi connectivity index (χ1) is 11.9. The standard InChI is InChI=1S/C19H17F3N2O/c1-25-16-9-7-15(8-10-16)23-18-12-24(13-19(20,21)22)11-17(18)14-5-3-2-4-6-14/h2-12,23H,13H2,1H3. The van der Waals surface area contributed by atoms with Crippen LogP contribution in [0.2, 0.25) is 0 Å². The van der Waals surface area contributed by atoms with Gasteiger partial charge >= 0.3 is 6.18 Å². The van der Waals surface area contributed by atoms with Gasteiger partial charge in [-0.1, -0.05) is 30.3 Å². The molecule has 3 aromatic rings. The third-order valence-electron chi connectivity index (χ3n) is 3.70. The zero-order chi connectivity index (χ0) is 17.9. The summed E-state index contributed by atoms with van der Waals surface area (Å²) in [5.74, 6) is 0.712. The molecular formula is C19H17F3N2O. The highest BCUT2D eigenvalue weighted by Crippen LogP contribution is 2.33. The van der Waals surface area contributed by atoms with E-state index >= 15 is 0 Å². The second-order valence-electron chi connectivity index (χ2n) is 5.59. The van der Waals surface area contributed by atoms with Crippen molar-refractivity contribution in [3.63, 3.8) is 0 Å². The molecule has 0 radical (unpaired) electrons. The van der Waals surface area contributed by atoms with Crippen LogP contribution >= 0.6 is 0 Å². The van der Waals surface area contributed by atoms with Crippen LogP contribution in [0.3, 0.4) is 0 Å². The number of hydrogen-bond acceptors (Lipinski definition) is 2. The van der Waals surface area contributed by atoms with Crippen molar-refractivity contribution in [2.45, 2.75) is 12.7 Å². The number of nitrogens with zero attached hydrogens (tertiary/aromatic N) is 1. The Labute approximate surface area is 143 Å². The number of anilines is 2. The van der Waals surface area contributed by atoms with E-state index in [0.29, 0.717) is 17.0 Å². The molecule has 0 aliphatic rings. The molecule has 3 rings (SSSR count). The first kappa shape index (κ1) is 17.0. The number of hydrogen-bond donors (Lipinski definition) is 1. The Morgan fingerprint density at radius 3 is 2.24 bits per heavy atom. The quantitative estimate of drug-likeness (QED) is 0.663. The first-order valence-corrected chi connectivity index (χ1v) is 7.67. The van der Waals surface area contributed by atoms with Crippen LogP contribution in [0.15, 0.2) is 67.0 Å². The van der Waals surface area contributed by atoms with E-state index in [1.54, 1.807) is 19.2 Å². The predicted molar refractivity (Wildman–Crippen MR) is 92.2 cm³/mol. The zero-order valence-corrected chi connectivity index (χ0v) is 13.5. The number of benzene rings is 2. The smallest absolute Gasteiger partial charge is 0.406 e. The minimum atomic E-state index is -4.27. The van der Waals surface area contributed by atoms with Crippen LogP contribution in [0.4, 0.5) is 24.5 Å². The first-order valence-electron chi connectivity index (χ1n) is 7.67. The van der Waals surface area contributed by atoms with Gasteiger partial charge in [0.05, 0.1) is 12.8 Å². The van der Waals surface area contributed by atoms with E-state index in [9.17, 15) is 13.2 Å². The average Bonchev–Trinajstić information content (AvgIpc) is 2.96. The summed E-state index contributed by atoms with van der Waals surface area (Å²) in [4.78, 5) is 0. The second-order valence-corrected chi connectivity index (χ2v) is 5.59. The van der Waals surface area contributed by atoms with Crippen LogP contribution in [0, 0.1) is 0 Å². The van der Waals surface area contributed by atoms with Gasteiger partial charge in [0.1, 0.15) is 12.3 Å². The summed E-state index contributed by atoms with van der Waals surface area (Å²) < 4.78 is 44.5. The molecule has 3 nitrogen and oxygen atoms in total. The summed E-state index contributed by atoms with van der Waals surface area (Å²) in [6.07, 6.45) is -1.29. The van der Waals surface area contributed by atoms with Crippen LogP contribution in [-0.2, 0) is 6.54 Å². The molecule has 0 atom stereocenters. The molecule has 1 heterocycles. The minimum absolute atomic E-state index is 0.612. The van der Waals surface area contributed by atoms with Crippen molar-refractivity contribution >= 4 is 11.4 Å². The number of nitrogens with one attached hydrogen (secondary N) is 1. The maximum atomic E-state index is 12.7. The highest BCUT2D eigenvalue weighted by molar-refractivity contribution is 5.80. The highest BCUT2D eigenvalue weighted by atomic mass is 19.4. The zero-order valence-electron chi connectivity index (χ0n) is 13.5. The molecular weight excluding hydrogens is 329 g/mol. The average molecular weight is 346 g/mol. The van der Waals surface area contributed by atoms with Crippen LogP contribution in [0.1, 0.15) is 0 Å². The molecule has 1 aromatic heterocycles. The summed E-state index contributed by atoms with van der Waals surface area (Å²) in [6.45, 7) is -1.03. The van der Waals surface area contributed by atoms with Crippen LogP contribution < -0.4 is 10.1 Å². The topological polar surface area (TPSA) is 26.2 Å². The van der Waals surface area contributed by atoms with Crippen molar-refractivity contribution in [3.8, 4) is 16.9 Å². The molecule has 0 aliphatic carbocycles. The van der Waals surface area contributed by atoms with Crippen molar-refractivity contribution < 1.29 is 17.9 Å². The second kappa shape index (κ2) is 6.93. The SMILES string of the molecule is COc1ccc(Nc2cn(CC(F)(F)F)cc2-c2ccccc2)cc1. The predicted octanol–water partition coefficient (Wildman–Crippen LogP) is 5.47. The highest BCUT2D eigenvalue weighted by Gasteiger charge is 2.28. The molecule has 1 N–H and O–H groups in total. The van der Waals surface area contributed by atoms with E-state index < -0.39 is 12.7 Å². The number of aromatic nitrogens is 1. The summed E-state index contributed by atoms with van der Waals surface area (Å²) in [6, 6.07) is 16.5. The molecule has 6 heteroatoms. The van der Waals surface area contributed by atoms with Gasteiger partial charge in [-0.15, -0.1) is 0 Å². The van der Waals surface area contributed by atoms with Gasteiger partial charge in [-0.25, -0.2) is 0 Å². The van der Waals surface area contributed by atoms with Gasteiger partial charge in [0, 0.05) is 23.6 Å². The van der Waals surface area contributed by atoms with E-state index in [1.165, 1.54) is 12.4 Å². The monoisotopic (exact) mass is 346 g/mol. The fourth-order valence-corrected chi connectivity index (χ4v) is 2.58. The maximum absolute atomic E-state index is 12.7. The Morgan fingerprint density at radius 1 is 0.960 bits per heavy atom. The van der Waals surface area contributed by atoms with Gasteiger partial charge in [-0.05, 0) is 29.8 Å². The number of rotatable bonds is 5. The summed E-state index contributed by atoms with van der Waals surface area (Å²) in [7, 11) is 1.58. The van der Waals surface area contributed by atoms with E-state index in [2.05, 4.69) is 5.32 Å². The van der Waals surface area contributed by atoms with E-state index in [1.807, 2.05) is 42.5 Å². The molecule has 0 aliphatic heterocycles. The molecule has 0 fully saturated rings. The van der Waals surface area contributed by atoms with E-state index in [-0.39, 0.29) is 0 Å². The van der Waals surface area contributed by atoms with E-state index in [0.717, 1.165) is 15.8 Å². The molecule has 130 valence electrons. The number of ether oxygens (including phenoxy) is 1. The lowest BCUT2D eigenvalue weighted by atomic mass is 10.1. The molecule has 0 bridgehead atoms. The normalized spacial score (nSPS) is 11.4. The Balaban J connectivity index is 1.95. The molecule has 25 heavy (non-hydrogen) atoms. The van der Waals surface area contributed by atoms with Crippen LogP contribution in [0.5, 0.6) is 5.75 Å². The number of alkyl halides is 3. The number of methoxy groups -OCH3 is 1. The van der Waals surface area contributed by atoms with Crippen molar-refractivity contribution in [3.05, 3.63) is 67.0 Å². The molecule has 0 saturated carbocycles. The lowest BCUT2D eigenvalue weighted by Gasteiger charge is -2.08. The van der Waals surface area contributed by atoms with Crippen molar-refractivity contribution in [1.82, 2.24) is 4.57 Å². The van der Waals surface area contributed by atoms with Crippen LogP contribution in [0.25, 0.3) is 11.1 Å². The third-order valence-corrected chi connectivity index (χ3v) is 3.70. The summed E-state index contributed by atoms with van der Waals surface area (Å²) in [5.41, 5.74) is 2.93. The van der Waals surface area contributed by atoms with Crippen LogP contribution in [-0.4, -0.2) is 17.9 Å². The van der Waals surface area contributed by atoms with Gasteiger partial charge in [-0.2, -0.15) is 13.2 Å². The van der Waals surface area contributed by atoms with Gasteiger partial charge in [0.2, 0.25) is 0 Å². The molecule has 0 saturated heterocycles. The lowest BCUT2D eigenvalue weighted by Crippen LogP contribution is -2.16. The fourth-order valence-electron chi connectivity index (χ4n) is 2.58. The Bertz CT molecular complexity index is 824. The Morgan fingerprint density at radius 2 is 1.64 bits per heavy atom. The minimum Gasteiger partial charge on any atom is -0.497 e. The molecule has 2 aromatic carbocycles. The lowest BCUT2D eigenvalue weighted by molar-refractivity contribution is -0.140. The molecule has 0 amide bonds.